The average Bonchev–Trinajstić information content (AvgIpc) is 1.76. The molecule has 0 radical (unpaired) electrons. The fraction of sp³-hybridized carbons (Fsp3) is 0.889. The Morgan fingerprint density at radius 3 is 2.07 bits per heavy atom. The zero-order valence-electron chi connectivity index (χ0n) is 8.46. The second-order valence-corrected chi connectivity index (χ2v) is 4.73. The van der Waals surface area contributed by atoms with Gasteiger partial charge in [-0.15, -0.1) is 0 Å². The third-order valence-electron chi connectivity index (χ3n) is 2.43. The predicted octanol–water partition coefficient (Wildman–Crippen LogP) is 2.04. The van der Waals surface area contributed by atoms with E-state index in [1.54, 1.807) is 13.8 Å². The number of carbonyl (C=O) groups is 1. The molecule has 0 saturated carbocycles. The highest BCUT2D eigenvalue weighted by molar-refractivity contribution is 5.82. The van der Waals surface area contributed by atoms with E-state index in [1.165, 1.54) is 0 Å². The first-order valence-electron chi connectivity index (χ1n) is 4.44. The monoisotopic (exact) mass is 209 g/mol. The maximum absolute atomic E-state index is 12.6. The molecule has 0 aromatic rings. The Hall–Kier alpha value is -0.580. The number of piperidine rings is 1. The van der Waals surface area contributed by atoms with Crippen LogP contribution in [0.2, 0.25) is 0 Å². The Bertz CT molecular complexity index is 259. The van der Waals surface area contributed by atoms with Crippen molar-refractivity contribution < 1.29 is 18.0 Å². The molecule has 0 bridgehead atoms. The van der Waals surface area contributed by atoms with Crippen LogP contribution in [0.1, 0.15) is 33.6 Å². The molecule has 1 fully saturated rings. The van der Waals surface area contributed by atoms with Crippen LogP contribution in [0.15, 0.2) is 0 Å². The summed E-state index contributed by atoms with van der Waals surface area (Å²) in [6, 6.07) is 0. The molecule has 2 nitrogen and oxygen atoms in total. The van der Waals surface area contributed by atoms with E-state index in [2.05, 4.69) is 5.32 Å². The quantitative estimate of drug-likeness (QED) is 0.661. The normalized spacial score (nSPS) is 33.1. The Morgan fingerprint density at radius 1 is 1.21 bits per heavy atom. The van der Waals surface area contributed by atoms with Crippen LogP contribution < -0.4 is 5.32 Å². The summed E-state index contributed by atoms with van der Waals surface area (Å²) in [6.45, 7) is 4.24. The summed E-state index contributed by atoms with van der Waals surface area (Å²) in [5, 5.41) is 2.49. The van der Waals surface area contributed by atoms with Crippen LogP contribution in [0.5, 0.6) is 0 Å². The van der Waals surface area contributed by atoms with E-state index >= 15 is 0 Å². The van der Waals surface area contributed by atoms with Gasteiger partial charge in [0.25, 0.3) is 0 Å². The van der Waals surface area contributed by atoms with Crippen LogP contribution in [0.3, 0.4) is 0 Å². The maximum Gasteiger partial charge on any atom is 0.406 e. The Labute approximate surface area is 80.9 Å². The molecule has 1 saturated heterocycles. The lowest BCUT2D eigenvalue weighted by Gasteiger charge is -2.44. The molecule has 1 heterocycles. The number of rotatable bonds is 0. The smallest absolute Gasteiger partial charge is 0.300 e. The standard InChI is InChI=1S/C9H14F3NO/c1-7(2)4-6(14)5-8(3,13-7)9(10,11)12/h13H,4-5H2,1-3H3. The molecule has 1 aliphatic heterocycles. The molecular weight excluding hydrogens is 195 g/mol. The van der Waals surface area contributed by atoms with Gasteiger partial charge in [-0.05, 0) is 20.8 Å². The van der Waals surface area contributed by atoms with Gasteiger partial charge in [-0.3, -0.25) is 10.1 Å². The van der Waals surface area contributed by atoms with E-state index in [1.807, 2.05) is 0 Å². The summed E-state index contributed by atoms with van der Waals surface area (Å²) < 4.78 is 37.9. The van der Waals surface area contributed by atoms with Gasteiger partial charge in [-0.25, -0.2) is 0 Å². The predicted molar refractivity (Wildman–Crippen MR) is 45.9 cm³/mol. The highest BCUT2D eigenvalue weighted by Gasteiger charge is 2.56. The van der Waals surface area contributed by atoms with Crippen molar-refractivity contribution in [3.8, 4) is 0 Å². The molecule has 0 spiro atoms. The minimum absolute atomic E-state index is 0.151. The molecule has 1 rings (SSSR count). The molecule has 0 amide bonds. The minimum atomic E-state index is -4.39. The van der Waals surface area contributed by atoms with Crippen LogP contribution in [0.25, 0.3) is 0 Å². The molecule has 14 heavy (non-hydrogen) atoms. The van der Waals surface area contributed by atoms with Crippen molar-refractivity contribution in [1.29, 1.82) is 0 Å². The van der Waals surface area contributed by atoms with E-state index in [0.29, 0.717) is 0 Å². The summed E-state index contributed by atoms with van der Waals surface area (Å²) >= 11 is 0. The van der Waals surface area contributed by atoms with Crippen LogP contribution in [-0.4, -0.2) is 23.0 Å². The van der Waals surface area contributed by atoms with E-state index < -0.39 is 23.7 Å². The third-order valence-corrected chi connectivity index (χ3v) is 2.43. The molecule has 1 unspecified atom stereocenters. The first-order valence-corrected chi connectivity index (χ1v) is 4.44. The topological polar surface area (TPSA) is 29.1 Å². The number of carbonyl (C=O) groups excluding carboxylic acids is 1. The first-order chi connectivity index (χ1) is 6.06. The molecule has 1 N–H and O–H groups in total. The van der Waals surface area contributed by atoms with Crippen molar-refractivity contribution in [2.45, 2.75) is 50.9 Å². The van der Waals surface area contributed by atoms with Crippen LogP contribution in [-0.2, 0) is 4.79 Å². The van der Waals surface area contributed by atoms with Crippen LogP contribution in [0, 0.1) is 0 Å². The van der Waals surface area contributed by atoms with E-state index in [-0.39, 0.29) is 12.2 Å². The van der Waals surface area contributed by atoms with Gasteiger partial charge in [-0.1, -0.05) is 0 Å². The van der Waals surface area contributed by atoms with Gasteiger partial charge in [0, 0.05) is 18.4 Å². The number of ketones is 1. The van der Waals surface area contributed by atoms with Crippen molar-refractivity contribution in [3.05, 3.63) is 0 Å². The van der Waals surface area contributed by atoms with Crippen molar-refractivity contribution in [2.75, 3.05) is 0 Å². The lowest BCUT2D eigenvalue weighted by atomic mass is 9.80. The Kier molecular flexibility index (Phi) is 2.42. The van der Waals surface area contributed by atoms with Gasteiger partial charge < -0.3 is 0 Å². The zero-order valence-corrected chi connectivity index (χ0v) is 8.46. The highest BCUT2D eigenvalue weighted by Crippen LogP contribution is 2.38. The van der Waals surface area contributed by atoms with Gasteiger partial charge in [0.1, 0.15) is 11.3 Å². The Morgan fingerprint density at radius 2 is 1.71 bits per heavy atom. The van der Waals surface area contributed by atoms with Crippen LogP contribution in [0.4, 0.5) is 13.2 Å². The van der Waals surface area contributed by atoms with Gasteiger partial charge in [-0.2, -0.15) is 13.2 Å². The number of hydrogen-bond acceptors (Lipinski definition) is 2. The molecule has 0 aromatic heterocycles. The SMILES string of the molecule is CC1(C)CC(=O)CC(C)(C(F)(F)F)N1. The summed E-state index contributed by atoms with van der Waals surface area (Å²) in [5.41, 5.74) is -2.86. The van der Waals surface area contributed by atoms with E-state index in [0.717, 1.165) is 6.92 Å². The largest absolute Gasteiger partial charge is 0.406 e. The second-order valence-electron chi connectivity index (χ2n) is 4.73. The minimum Gasteiger partial charge on any atom is -0.300 e. The molecule has 0 aromatic carbocycles. The third kappa shape index (κ3) is 2.08. The van der Waals surface area contributed by atoms with E-state index in [9.17, 15) is 18.0 Å². The van der Waals surface area contributed by atoms with Gasteiger partial charge in [0.15, 0.2) is 0 Å². The average molecular weight is 209 g/mol. The van der Waals surface area contributed by atoms with Gasteiger partial charge in [0.2, 0.25) is 0 Å². The van der Waals surface area contributed by atoms with Gasteiger partial charge >= 0.3 is 6.18 Å². The number of alkyl halides is 3. The number of hydrogen-bond donors (Lipinski definition) is 1. The van der Waals surface area contributed by atoms with Crippen LogP contribution >= 0.6 is 0 Å². The van der Waals surface area contributed by atoms with Gasteiger partial charge in [0.05, 0.1) is 0 Å². The lowest BCUT2D eigenvalue weighted by Crippen LogP contribution is -2.66. The number of Topliss-reactive ketones (excluding diaryl/α,β-unsaturated/α-hetero) is 1. The molecule has 1 atom stereocenters. The van der Waals surface area contributed by atoms with Crippen molar-refractivity contribution in [2.24, 2.45) is 0 Å². The second kappa shape index (κ2) is 2.95. The number of halogens is 3. The molecule has 0 aliphatic carbocycles. The summed E-state index contributed by atoms with van der Waals surface area (Å²) in [5.74, 6) is -0.339. The maximum atomic E-state index is 12.6. The molecular formula is C9H14F3NO. The lowest BCUT2D eigenvalue weighted by molar-refractivity contribution is -0.204. The van der Waals surface area contributed by atoms with Crippen molar-refractivity contribution in [1.82, 2.24) is 5.32 Å². The summed E-state index contributed by atoms with van der Waals surface area (Å²) in [6.07, 6.45) is -4.71. The Balaban J connectivity index is 2.96. The molecule has 1 aliphatic rings. The zero-order chi connectivity index (χ0) is 11.2. The highest BCUT2D eigenvalue weighted by atomic mass is 19.4. The van der Waals surface area contributed by atoms with Crippen molar-refractivity contribution >= 4 is 5.78 Å². The number of nitrogens with one attached hydrogen (secondary N) is 1. The van der Waals surface area contributed by atoms with Crippen molar-refractivity contribution in [3.63, 3.8) is 0 Å². The fourth-order valence-corrected chi connectivity index (χ4v) is 1.96. The summed E-state index contributed by atoms with van der Waals surface area (Å²) in [4.78, 5) is 11.2. The first kappa shape index (κ1) is 11.5. The molecule has 5 heteroatoms. The fourth-order valence-electron chi connectivity index (χ4n) is 1.96. The van der Waals surface area contributed by atoms with E-state index in [4.69, 9.17) is 0 Å². The molecule has 82 valence electrons. The summed E-state index contributed by atoms with van der Waals surface area (Å²) in [7, 11) is 0.